The SMILES string of the molecule is N#Cc1ccccc1NC(=O)CCSc1ccncc1N. The number of nitriles is 1. The minimum Gasteiger partial charge on any atom is -0.397 e. The van der Waals surface area contributed by atoms with Crippen molar-refractivity contribution in [2.75, 3.05) is 16.8 Å². The number of nitrogens with two attached hydrogens (primary N) is 1. The van der Waals surface area contributed by atoms with Gasteiger partial charge in [-0.05, 0) is 18.2 Å². The zero-order chi connectivity index (χ0) is 15.1. The second-order valence-corrected chi connectivity index (χ2v) is 5.35. The Bertz CT molecular complexity index is 681. The maximum Gasteiger partial charge on any atom is 0.225 e. The van der Waals surface area contributed by atoms with E-state index in [4.69, 9.17) is 11.0 Å². The number of hydrogen-bond donors (Lipinski definition) is 2. The number of nitrogen functional groups attached to an aromatic ring is 1. The number of amides is 1. The van der Waals surface area contributed by atoms with E-state index in [9.17, 15) is 4.79 Å². The summed E-state index contributed by atoms with van der Waals surface area (Å²) in [5.41, 5.74) is 7.38. The molecule has 0 aliphatic carbocycles. The van der Waals surface area contributed by atoms with Gasteiger partial charge in [-0.3, -0.25) is 9.78 Å². The Morgan fingerprint density at radius 1 is 1.38 bits per heavy atom. The van der Waals surface area contributed by atoms with Crippen LogP contribution in [0.1, 0.15) is 12.0 Å². The third kappa shape index (κ3) is 4.23. The fraction of sp³-hybridized carbons (Fsp3) is 0.133. The van der Waals surface area contributed by atoms with Crippen LogP contribution in [-0.2, 0) is 4.79 Å². The Labute approximate surface area is 127 Å². The summed E-state index contributed by atoms with van der Waals surface area (Å²) in [6.07, 6.45) is 3.60. The Hall–Kier alpha value is -2.52. The van der Waals surface area contributed by atoms with Crippen LogP contribution in [0, 0.1) is 11.3 Å². The van der Waals surface area contributed by atoms with Crippen LogP contribution in [0.3, 0.4) is 0 Å². The molecule has 0 saturated heterocycles. The molecule has 1 amide bonds. The quantitative estimate of drug-likeness (QED) is 0.828. The highest BCUT2D eigenvalue weighted by Gasteiger charge is 2.07. The summed E-state index contributed by atoms with van der Waals surface area (Å²) in [6.45, 7) is 0. The van der Waals surface area contributed by atoms with Crippen molar-refractivity contribution >= 4 is 29.0 Å². The number of nitrogens with zero attached hydrogens (tertiary/aromatic N) is 2. The first-order valence-electron chi connectivity index (χ1n) is 6.32. The molecular formula is C15H14N4OS. The molecule has 0 unspecified atom stereocenters. The lowest BCUT2D eigenvalue weighted by Crippen LogP contribution is -2.13. The fourth-order valence-electron chi connectivity index (χ4n) is 1.68. The van der Waals surface area contributed by atoms with Crippen molar-refractivity contribution in [2.45, 2.75) is 11.3 Å². The van der Waals surface area contributed by atoms with Crippen molar-refractivity contribution < 1.29 is 4.79 Å². The molecule has 0 bridgehead atoms. The number of rotatable bonds is 5. The van der Waals surface area contributed by atoms with Crippen molar-refractivity contribution in [3.8, 4) is 6.07 Å². The van der Waals surface area contributed by atoms with Crippen LogP contribution in [0.25, 0.3) is 0 Å². The summed E-state index contributed by atoms with van der Waals surface area (Å²) in [4.78, 5) is 16.7. The summed E-state index contributed by atoms with van der Waals surface area (Å²) >= 11 is 1.51. The third-order valence-electron chi connectivity index (χ3n) is 2.72. The number of anilines is 2. The molecule has 6 heteroatoms. The van der Waals surface area contributed by atoms with Gasteiger partial charge in [0.25, 0.3) is 0 Å². The number of hydrogen-bond acceptors (Lipinski definition) is 5. The molecule has 0 radical (unpaired) electrons. The molecule has 2 aromatic rings. The number of carbonyl (C=O) groups excluding carboxylic acids is 1. The molecule has 0 aliphatic rings. The van der Waals surface area contributed by atoms with E-state index >= 15 is 0 Å². The Morgan fingerprint density at radius 2 is 2.19 bits per heavy atom. The molecule has 1 aromatic carbocycles. The number of nitrogens with one attached hydrogen (secondary N) is 1. The lowest BCUT2D eigenvalue weighted by Gasteiger charge is -2.07. The van der Waals surface area contributed by atoms with Gasteiger partial charge in [-0.15, -0.1) is 11.8 Å². The van der Waals surface area contributed by atoms with Crippen molar-refractivity contribution in [3.63, 3.8) is 0 Å². The topological polar surface area (TPSA) is 91.8 Å². The molecule has 0 aliphatic heterocycles. The van der Waals surface area contributed by atoms with Crippen LogP contribution >= 0.6 is 11.8 Å². The van der Waals surface area contributed by atoms with Gasteiger partial charge in [-0.1, -0.05) is 12.1 Å². The van der Waals surface area contributed by atoms with E-state index in [0.717, 1.165) is 4.90 Å². The van der Waals surface area contributed by atoms with E-state index in [-0.39, 0.29) is 5.91 Å². The van der Waals surface area contributed by atoms with Gasteiger partial charge in [0, 0.05) is 23.3 Å². The smallest absolute Gasteiger partial charge is 0.225 e. The maximum atomic E-state index is 11.9. The highest BCUT2D eigenvalue weighted by atomic mass is 32.2. The van der Waals surface area contributed by atoms with E-state index in [1.54, 1.807) is 36.7 Å². The number of para-hydroxylation sites is 1. The molecule has 1 heterocycles. The zero-order valence-electron chi connectivity index (χ0n) is 11.2. The van der Waals surface area contributed by atoms with Gasteiger partial charge in [0.1, 0.15) is 6.07 Å². The van der Waals surface area contributed by atoms with Crippen LogP contribution in [0.15, 0.2) is 47.6 Å². The molecule has 1 aromatic heterocycles. The van der Waals surface area contributed by atoms with E-state index in [1.807, 2.05) is 12.1 Å². The Kier molecular flexibility index (Phi) is 5.18. The maximum absolute atomic E-state index is 11.9. The lowest BCUT2D eigenvalue weighted by molar-refractivity contribution is -0.115. The number of thioether (sulfide) groups is 1. The molecule has 0 atom stereocenters. The first-order chi connectivity index (χ1) is 10.2. The fourth-order valence-corrected chi connectivity index (χ4v) is 2.57. The van der Waals surface area contributed by atoms with Crippen molar-refractivity contribution in [1.29, 1.82) is 5.26 Å². The van der Waals surface area contributed by atoms with Gasteiger partial charge in [-0.25, -0.2) is 0 Å². The highest BCUT2D eigenvalue weighted by Crippen LogP contribution is 2.24. The van der Waals surface area contributed by atoms with Crippen LogP contribution in [-0.4, -0.2) is 16.6 Å². The summed E-state index contributed by atoms with van der Waals surface area (Å²) in [5, 5.41) is 11.7. The molecule has 106 valence electrons. The molecular weight excluding hydrogens is 284 g/mol. The van der Waals surface area contributed by atoms with Gasteiger partial charge in [-0.2, -0.15) is 5.26 Å². The number of benzene rings is 1. The summed E-state index contributed by atoms with van der Waals surface area (Å²) in [7, 11) is 0. The minimum absolute atomic E-state index is 0.127. The average molecular weight is 298 g/mol. The van der Waals surface area contributed by atoms with E-state index in [1.165, 1.54) is 11.8 Å². The van der Waals surface area contributed by atoms with Crippen LogP contribution < -0.4 is 11.1 Å². The van der Waals surface area contributed by atoms with E-state index in [0.29, 0.717) is 29.1 Å². The molecule has 21 heavy (non-hydrogen) atoms. The average Bonchev–Trinajstić information content (AvgIpc) is 2.50. The highest BCUT2D eigenvalue weighted by molar-refractivity contribution is 7.99. The predicted molar refractivity (Wildman–Crippen MR) is 83.8 cm³/mol. The Balaban J connectivity index is 1.86. The van der Waals surface area contributed by atoms with Crippen molar-refractivity contribution in [1.82, 2.24) is 4.98 Å². The normalized spacial score (nSPS) is 9.86. The minimum atomic E-state index is -0.127. The third-order valence-corrected chi connectivity index (χ3v) is 3.81. The standard InChI is InChI=1S/C15H14N4OS/c16-9-11-3-1-2-4-13(11)19-15(20)6-8-21-14-5-7-18-10-12(14)17/h1-5,7,10H,6,8,17H2,(H,19,20). The van der Waals surface area contributed by atoms with Crippen LogP contribution in [0.5, 0.6) is 0 Å². The molecule has 3 N–H and O–H groups in total. The van der Waals surface area contributed by atoms with E-state index in [2.05, 4.69) is 10.3 Å². The molecule has 0 fully saturated rings. The monoisotopic (exact) mass is 298 g/mol. The summed E-state index contributed by atoms with van der Waals surface area (Å²) in [6, 6.07) is 10.8. The number of pyridine rings is 1. The van der Waals surface area contributed by atoms with Gasteiger partial charge in [0.2, 0.25) is 5.91 Å². The first-order valence-corrected chi connectivity index (χ1v) is 7.30. The first kappa shape index (κ1) is 14.9. The van der Waals surface area contributed by atoms with Crippen LogP contribution in [0.2, 0.25) is 0 Å². The van der Waals surface area contributed by atoms with Crippen molar-refractivity contribution in [2.24, 2.45) is 0 Å². The second kappa shape index (κ2) is 7.31. The van der Waals surface area contributed by atoms with Gasteiger partial charge in [0.05, 0.1) is 23.1 Å². The predicted octanol–water partition coefficient (Wildman–Crippen LogP) is 2.66. The second-order valence-electron chi connectivity index (χ2n) is 4.22. The zero-order valence-corrected chi connectivity index (χ0v) is 12.1. The molecule has 0 saturated carbocycles. The number of carbonyl (C=O) groups is 1. The molecule has 2 rings (SSSR count). The van der Waals surface area contributed by atoms with Gasteiger partial charge < -0.3 is 11.1 Å². The summed E-state index contributed by atoms with van der Waals surface area (Å²) in [5.74, 6) is 0.479. The largest absolute Gasteiger partial charge is 0.397 e. The van der Waals surface area contributed by atoms with E-state index < -0.39 is 0 Å². The summed E-state index contributed by atoms with van der Waals surface area (Å²) < 4.78 is 0. The van der Waals surface area contributed by atoms with Crippen LogP contribution in [0.4, 0.5) is 11.4 Å². The van der Waals surface area contributed by atoms with Crippen molar-refractivity contribution in [3.05, 3.63) is 48.3 Å². The van der Waals surface area contributed by atoms with Gasteiger partial charge in [0.15, 0.2) is 0 Å². The number of aromatic nitrogens is 1. The Morgan fingerprint density at radius 3 is 2.95 bits per heavy atom. The molecule has 0 spiro atoms. The van der Waals surface area contributed by atoms with Gasteiger partial charge >= 0.3 is 0 Å². The lowest BCUT2D eigenvalue weighted by atomic mass is 10.2. The molecule has 5 nitrogen and oxygen atoms in total.